The van der Waals surface area contributed by atoms with E-state index in [-0.39, 0.29) is 24.7 Å². The maximum Gasteiger partial charge on any atom is 0.283 e. The van der Waals surface area contributed by atoms with Crippen molar-refractivity contribution in [1.29, 1.82) is 0 Å². The van der Waals surface area contributed by atoms with Crippen LogP contribution >= 0.6 is 0 Å². The Bertz CT molecular complexity index is 1130. The number of nitrogens with zero attached hydrogens (tertiary/aromatic N) is 3. The van der Waals surface area contributed by atoms with E-state index in [1.54, 1.807) is 48.5 Å². The molecule has 10 nitrogen and oxygen atoms in total. The second-order valence-electron chi connectivity index (χ2n) is 6.25. The number of methoxy groups -OCH3 is 1. The Morgan fingerprint density at radius 1 is 1.13 bits per heavy atom. The molecule has 4 N–H and O–H groups in total. The quantitative estimate of drug-likeness (QED) is 0.510. The van der Waals surface area contributed by atoms with Crippen LogP contribution in [0.5, 0.6) is 11.6 Å². The number of aromatic hydroxyl groups is 1. The van der Waals surface area contributed by atoms with E-state index in [4.69, 9.17) is 10.5 Å². The van der Waals surface area contributed by atoms with Gasteiger partial charge in [0, 0.05) is 10.9 Å². The lowest BCUT2D eigenvalue weighted by atomic mass is 10.2. The van der Waals surface area contributed by atoms with Crippen LogP contribution in [0.3, 0.4) is 0 Å². The number of amides is 3. The Morgan fingerprint density at radius 3 is 2.50 bits per heavy atom. The number of carbonyl (C=O) groups is 3. The molecule has 0 aliphatic carbocycles. The van der Waals surface area contributed by atoms with E-state index in [0.717, 1.165) is 0 Å². The van der Waals surface area contributed by atoms with Crippen LogP contribution in [-0.2, 0) is 16.1 Å². The molecule has 30 heavy (non-hydrogen) atoms. The van der Waals surface area contributed by atoms with Gasteiger partial charge in [-0.15, -0.1) is 10.2 Å². The van der Waals surface area contributed by atoms with Crippen LogP contribution in [0, 0.1) is 0 Å². The molecular weight excluding hydrogens is 390 g/mol. The summed E-state index contributed by atoms with van der Waals surface area (Å²) in [4.78, 5) is 35.4. The lowest BCUT2D eigenvalue weighted by Crippen LogP contribution is -2.28. The molecule has 1 heterocycles. The average Bonchev–Trinajstić information content (AvgIpc) is 3.01. The summed E-state index contributed by atoms with van der Waals surface area (Å²) in [6.07, 6.45) is 0. The molecule has 0 unspecified atom stereocenters. The fourth-order valence-electron chi connectivity index (χ4n) is 2.83. The van der Waals surface area contributed by atoms with Crippen molar-refractivity contribution < 1.29 is 24.2 Å². The third-order valence-electron chi connectivity index (χ3n) is 4.25. The summed E-state index contributed by atoms with van der Waals surface area (Å²) in [7, 11) is 1.52. The molecule has 3 amide bonds. The molecule has 0 bridgehead atoms. The molecule has 1 aromatic heterocycles. The van der Waals surface area contributed by atoms with E-state index >= 15 is 0 Å². The highest BCUT2D eigenvalue weighted by molar-refractivity contribution is 5.97. The zero-order valence-electron chi connectivity index (χ0n) is 16.0. The number of ether oxygens (including phenoxy) is 1. The van der Waals surface area contributed by atoms with Gasteiger partial charge in [-0.25, -0.2) is 0 Å². The zero-order chi connectivity index (χ0) is 21.7. The van der Waals surface area contributed by atoms with Crippen molar-refractivity contribution in [2.75, 3.05) is 13.7 Å². The van der Waals surface area contributed by atoms with Crippen LogP contribution in [-0.4, -0.2) is 41.0 Å². The molecule has 10 heteroatoms. The number of fused-ring (bicyclic) bond motifs is 1. The molecule has 0 atom stereocenters. The largest absolute Gasteiger partial charge is 0.497 e. The van der Waals surface area contributed by atoms with E-state index in [9.17, 15) is 19.5 Å². The van der Waals surface area contributed by atoms with Gasteiger partial charge in [0.2, 0.25) is 11.8 Å². The number of primary amides is 1. The summed E-state index contributed by atoms with van der Waals surface area (Å²) in [6.45, 7) is -0.636. The van der Waals surface area contributed by atoms with Crippen molar-refractivity contribution in [2.24, 2.45) is 16.0 Å². The number of nitrogens with one attached hydrogen (secondary N) is 1. The number of aromatic nitrogens is 1. The Balaban J connectivity index is 1.71. The van der Waals surface area contributed by atoms with Gasteiger partial charge in [0.05, 0.1) is 12.6 Å². The Labute approximate surface area is 171 Å². The first-order valence-corrected chi connectivity index (χ1v) is 8.86. The number of benzene rings is 2. The van der Waals surface area contributed by atoms with Gasteiger partial charge in [-0.05, 0) is 30.3 Å². The Hall–Kier alpha value is -4.21. The first kappa shape index (κ1) is 20.5. The van der Waals surface area contributed by atoms with Gasteiger partial charge < -0.3 is 25.5 Å². The summed E-state index contributed by atoms with van der Waals surface area (Å²) in [5.74, 6) is -1.56. The van der Waals surface area contributed by atoms with Crippen LogP contribution in [0.1, 0.15) is 10.4 Å². The highest BCUT2D eigenvalue weighted by Crippen LogP contribution is 2.38. The summed E-state index contributed by atoms with van der Waals surface area (Å²) in [5.41, 5.74) is 6.12. The van der Waals surface area contributed by atoms with Gasteiger partial charge in [0.1, 0.15) is 18.8 Å². The zero-order valence-corrected chi connectivity index (χ0v) is 16.0. The fourth-order valence-corrected chi connectivity index (χ4v) is 2.83. The van der Waals surface area contributed by atoms with Crippen LogP contribution in [0.2, 0.25) is 0 Å². The fraction of sp³-hybridized carbons (Fsp3) is 0.150. The topological polar surface area (TPSA) is 148 Å². The Kier molecular flexibility index (Phi) is 6.06. The van der Waals surface area contributed by atoms with E-state index in [0.29, 0.717) is 22.2 Å². The molecule has 0 aliphatic rings. The summed E-state index contributed by atoms with van der Waals surface area (Å²) >= 11 is 0. The van der Waals surface area contributed by atoms with Gasteiger partial charge in [-0.3, -0.25) is 14.4 Å². The molecule has 0 saturated carbocycles. The lowest BCUT2D eigenvalue weighted by Gasteiger charge is -2.04. The molecular formula is C20H19N5O5. The second-order valence-corrected chi connectivity index (χ2v) is 6.25. The smallest absolute Gasteiger partial charge is 0.283 e. The van der Waals surface area contributed by atoms with Crippen molar-refractivity contribution >= 4 is 34.3 Å². The van der Waals surface area contributed by atoms with Crippen LogP contribution < -0.4 is 15.8 Å². The molecule has 0 spiro atoms. The Morgan fingerprint density at radius 2 is 1.83 bits per heavy atom. The molecule has 0 radical (unpaired) electrons. The number of rotatable bonds is 7. The molecule has 154 valence electrons. The summed E-state index contributed by atoms with van der Waals surface area (Å²) in [5, 5.41) is 20.7. The third-order valence-corrected chi connectivity index (χ3v) is 4.25. The average molecular weight is 409 g/mol. The standard InChI is InChI=1S/C20H19N5O5/c1-30-13-8-6-12(7-9-13)19(28)22-10-17(27)23-24-18-14-4-2-3-5-15(14)25(20(18)29)11-16(21)26/h2-9,29H,10-11H2,1H3,(H2,21,26)(H,22,28). The number of hydrogen-bond donors (Lipinski definition) is 3. The maximum absolute atomic E-state index is 12.1. The molecule has 0 fully saturated rings. The first-order valence-electron chi connectivity index (χ1n) is 8.86. The first-order chi connectivity index (χ1) is 14.4. The molecule has 3 aromatic rings. The predicted molar refractivity (Wildman–Crippen MR) is 108 cm³/mol. The van der Waals surface area contributed by atoms with Crippen molar-refractivity contribution in [3.8, 4) is 11.6 Å². The van der Waals surface area contributed by atoms with Gasteiger partial charge in [-0.2, -0.15) is 0 Å². The normalized spacial score (nSPS) is 11.0. The number of carbonyl (C=O) groups excluding carboxylic acids is 3. The van der Waals surface area contributed by atoms with E-state index in [1.165, 1.54) is 11.7 Å². The van der Waals surface area contributed by atoms with Gasteiger partial charge >= 0.3 is 0 Å². The van der Waals surface area contributed by atoms with Crippen LogP contribution in [0.25, 0.3) is 10.9 Å². The minimum atomic E-state index is -0.719. The van der Waals surface area contributed by atoms with Crippen LogP contribution in [0.15, 0.2) is 58.8 Å². The number of hydrogen-bond acceptors (Lipinski definition) is 6. The van der Waals surface area contributed by atoms with Crippen molar-refractivity contribution in [2.45, 2.75) is 6.54 Å². The second kappa shape index (κ2) is 8.86. The summed E-state index contributed by atoms with van der Waals surface area (Å²) < 4.78 is 6.30. The van der Waals surface area contributed by atoms with Crippen LogP contribution in [0.4, 0.5) is 5.69 Å². The minimum absolute atomic E-state index is 0.0293. The van der Waals surface area contributed by atoms with E-state index < -0.39 is 17.7 Å². The molecule has 3 rings (SSSR count). The van der Waals surface area contributed by atoms with Gasteiger partial charge in [0.25, 0.3) is 11.8 Å². The van der Waals surface area contributed by atoms with Crippen molar-refractivity contribution in [3.63, 3.8) is 0 Å². The van der Waals surface area contributed by atoms with E-state index in [1.807, 2.05) is 0 Å². The molecule has 0 aliphatic heterocycles. The number of para-hydroxylation sites is 1. The van der Waals surface area contributed by atoms with Gasteiger partial charge in [0.15, 0.2) is 5.69 Å². The highest BCUT2D eigenvalue weighted by Gasteiger charge is 2.18. The molecule has 0 saturated heterocycles. The van der Waals surface area contributed by atoms with E-state index in [2.05, 4.69) is 15.5 Å². The lowest BCUT2D eigenvalue weighted by molar-refractivity contribution is -0.119. The SMILES string of the molecule is COc1ccc(C(=O)NCC(=O)N=Nc2c(O)n(CC(N)=O)c3ccccc23)cc1. The van der Waals surface area contributed by atoms with Crippen molar-refractivity contribution in [1.82, 2.24) is 9.88 Å². The van der Waals surface area contributed by atoms with Gasteiger partial charge in [-0.1, -0.05) is 18.2 Å². The maximum atomic E-state index is 12.1. The minimum Gasteiger partial charge on any atom is -0.497 e. The summed E-state index contributed by atoms with van der Waals surface area (Å²) in [6, 6.07) is 13.1. The number of azo groups is 1. The van der Waals surface area contributed by atoms with Crippen molar-refractivity contribution in [3.05, 3.63) is 54.1 Å². The number of nitrogens with two attached hydrogens (primary N) is 1. The monoisotopic (exact) mass is 409 g/mol. The predicted octanol–water partition coefficient (Wildman–Crippen LogP) is 1.88. The molecule has 2 aromatic carbocycles. The highest BCUT2D eigenvalue weighted by atomic mass is 16.5. The third kappa shape index (κ3) is 4.43.